The third-order valence-electron chi connectivity index (χ3n) is 5.10. The van der Waals surface area contributed by atoms with Crippen LogP contribution in [0.15, 0.2) is 59.7 Å². The van der Waals surface area contributed by atoms with Gasteiger partial charge in [-0.05, 0) is 36.8 Å². The Labute approximate surface area is 183 Å². The molecule has 1 aromatic carbocycles. The number of ether oxygens (including phenoxy) is 1. The van der Waals surface area contributed by atoms with Crippen LogP contribution in [0.2, 0.25) is 0 Å². The molecule has 0 spiro atoms. The standard InChI is InChI=1S/C23H20N6O3/c1-14(30)27-21-12-17(7-9-24-21)32-16-4-6-19-15(11-16)3-5-20(28-19)18-13-26-23-25-8-2-10-29(23)22(18)31/h3-7,9,11-13H,2,8,10H2,1H3,(H,25,26)(H,24,27,30). The Bertz CT molecular complexity index is 1400. The van der Waals surface area contributed by atoms with E-state index in [2.05, 4.69) is 25.6 Å². The highest BCUT2D eigenvalue weighted by atomic mass is 16.5. The van der Waals surface area contributed by atoms with Crippen molar-refractivity contribution in [3.63, 3.8) is 0 Å². The SMILES string of the molecule is CC(=O)Nc1cc(Oc2ccc3nc(-c4cnc5n(c4=O)CCCN5)ccc3c2)ccn1. The first kappa shape index (κ1) is 19.7. The second-order valence-electron chi connectivity index (χ2n) is 7.44. The molecule has 0 saturated carbocycles. The maximum absolute atomic E-state index is 12.9. The first-order valence-corrected chi connectivity index (χ1v) is 10.2. The summed E-state index contributed by atoms with van der Waals surface area (Å²) in [6.45, 7) is 2.89. The molecule has 0 saturated heterocycles. The minimum Gasteiger partial charge on any atom is -0.457 e. The number of carbonyl (C=O) groups excluding carboxylic acids is 1. The van der Waals surface area contributed by atoms with Crippen molar-refractivity contribution in [2.75, 3.05) is 17.2 Å². The first-order valence-electron chi connectivity index (χ1n) is 10.2. The van der Waals surface area contributed by atoms with Gasteiger partial charge >= 0.3 is 0 Å². The minimum atomic E-state index is -0.202. The lowest BCUT2D eigenvalue weighted by Crippen LogP contribution is -2.30. The zero-order chi connectivity index (χ0) is 22.1. The summed E-state index contributed by atoms with van der Waals surface area (Å²) in [5.41, 5.74) is 1.70. The fourth-order valence-electron chi connectivity index (χ4n) is 3.63. The van der Waals surface area contributed by atoms with Crippen molar-refractivity contribution < 1.29 is 9.53 Å². The van der Waals surface area contributed by atoms with E-state index in [0.29, 0.717) is 41.1 Å². The van der Waals surface area contributed by atoms with Crippen LogP contribution in [-0.2, 0) is 11.3 Å². The topological polar surface area (TPSA) is 111 Å². The number of nitrogens with zero attached hydrogens (tertiary/aromatic N) is 4. The second kappa shape index (κ2) is 8.10. The molecule has 4 aromatic rings. The molecular formula is C23H20N6O3. The Morgan fingerprint density at radius 2 is 2.00 bits per heavy atom. The van der Waals surface area contributed by atoms with Crippen LogP contribution in [0.5, 0.6) is 11.5 Å². The highest BCUT2D eigenvalue weighted by Gasteiger charge is 2.15. The van der Waals surface area contributed by atoms with E-state index in [0.717, 1.165) is 23.9 Å². The number of fused-ring (bicyclic) bond motifs is 2. The monoisotopic (exact) mass is 428 g/mol. The van der Waals surface area contributed by atoms with Crippen molar-refractivity contribution in [1.29, 1.82) is 0 Å². The molecule has 0 atom stereocenters. The summed E-state index contributed by atoms with van der Waals surface area (Å²) < 4.78 is 7.57. The Morgan fingerprint density at radius 3 is 2.88 bits per heavy atom. The maximum Gasteiger partial charge on any atom is 0.264 e. The molecule has 0 unspecified atom stereocenters. The van der Waals surface area contributed by atoms with E-state index in [1.165, 1.54) is 6.92 Å². The van der Waals surface area contributed by atoms with Crippen LogP contribution in [-0.4, -0.2) is 32.0 Å². The molecule has 9 heteroatoms. The highest BCUT2D eigenvalue weighted by molar-refractivity contribution is 5.87. The van der Waals surface area contributed by atoms with E-state index in [-0.39, 0.29) is 11.5 Å². The van der Waals surface area contributed by atoms with E-state index in [4.69, 9.17) is 4.74 Å². The third-order valence-corrected chi connectivity index (χ3v) is 5.10. The van der Waals surface area contributed by atoms with Gasteiger partial charge in [-0.25, -0.2) is 15.0 Å². The summed E-state index contributed by atoms with van der Waals surface area (Å²) in [7, 11) is 0. The summed E-state index contributed by atoms with van der Waals surface area (Å²) in [5.74, 6) is 1.99. The number of hydrogen-bond acceptors (Lipinski definition) is 7. The van der Waals surface area contributed by atoms with E-state index < -0.39 is 0 Å². The van der Waals surface area contributed by atoms with Crippen molar-refractivity contribution in [3.05, 3.63) is 65.2 Å². The van der Waals surface area contributed by atoms with E-state index >= 15 is 0 Å². The van der Waals surface area contributed by atoms with Crippen LogP contribution in [0.4, 0.5) is 11.8 Å². The molecule has 0 bridgehead atoms. The van der Waals surface area contributed by atoms with Gasteiger partial charge in [-0.15, -0.1) is 0 Å². The van der Waals surface area contributed by atoms with Gasteiger partial charge in [0.1, 0.15) is 17.3 Å². The maximum atomic E-state index is 12.9. The van der Waals surface area contributed by atoms with Gasteiger partial charge in [0.15, 0.2) is 0 Å². The Kier molecular flexibility index (Phi) is 4.98. The molecular weight excluding hydrogens is 408 g/mol. The average molecular weight is 428 g/mol. The van der Waals surface area contributed by atoms with Gasteiger partial charge in [-0.2, -0.15) is 0 Å². The van der Waals surface area contributed by atoms with E-state index in [1.54, 1.807) is 35.2 Å². The Hall–Kier alpha value is -4.27. The van der Waals surface area contributed by atoms with Crippen molar-refractivity contribution in [3.8, 4) is 22.8 Å². The average Bonchev–Trinajstić information content (AvgIpc) is 2.79. The van der Waals surface area contributed by atoms with Crippen molar-refractivity contribution in [1.82, 2.24) is 19.5 Å². The summed E-state index contributed by atoms with van der Waals surface area (Å²) in [6.07, 6.45) is 4.03. The number of rotatable bonds is 4. The summed E-state index contributed by atoms with van der Waals surface area (Å²) in [4.78, 5) is 37.2. The smallest absolute Gasteiger partial charge is 0.264 e. The van der Waals surface area contributed by atoms with Crippen LogP contribution in [0, 0.1) is 0 Å². The molecule has 3 aromatic heterocycles. The summed E-state index contributed by atoms with van der Waals surface area (Å²) in [5, 5.41) is 6.64. The van der Waals surface area contributed by atoms with Crippen molar-refractivity contribution in [2.24, 2.45) is 0 Å². The number of aromatic nitrogens is 4. The molecule has 160 valence electrons. The quantitative estimate of drug-likeness (QED) is 0.512. The van der Waals surface area contributed by atoms with Crippen LogP contribution >= 0.6 is 0 Å². The van der Waals surface area contributed by atoms with Crippen molar-refractivity contribution >= 4 is 28.6 Å². The lowest BCUT2D eigenvalue weighted by molar-refractivity contribution is -0.114. The summed E-state index contributed by atoms with van der Waals surface area (Å²) >= 11 is 0. The number of hydrogen-bond donors (Lipinski definition) is 2. The normalized spacial score (nSPS) is 12.7. The van der Waals surface area contributed by atoms with Crippen LogP contribution in [0.1, 0.15) is 13.3 Å². The van der Waals surface area contributed by atoms with Gasteiger partial charge in [-0.1, -0.05) is 6.07 Å². The van der Waals surface area contributed by atoms with Crippen LogP contribution < -0.4 is 20.9 Å². The van der Waals surface area contributed by atoms with Crippen LogP contribution in [0.3, 0.4) is 0 Å². The largest absolute Gasteiger partial charge is 0.457 e. The number of carbonyl (C=O) groups is 1. The number of amides is 1. The molecule has 1 aliphatic heterocycles. The Balaban J connectivity index is 1.43. The predicted molar refractivity (Wildman–Crippen MR) is 121 cm³/mol. The Morgan fingerprint density at radius 1 is 1.12 bits per heavy atom. The number of benzene rings is 1. The molecule has 0 radical (unpaired) electrons. The molecule has 0 aliphatic carbocycles. The minimum absolute atomic E-state index is 0.0957. The third kappa shape index (κ3) is 3.87. The fourth-order valence-corrected chi connectivity index (χ4v) is 3.63. The molecule has 2 N–H and O–H groups in total. The lowest BCUT2D eigenvalue weighted by Gasteiger charge is -2.19. The van der Waals surface area contributed by atoms with E-state index in [1.807, 2.05) is 24.3 Å². The zero-order valence-electron chi connectivity index (χ0n) is 17.3. The molecule has 4 heterocycles. The summed E-state index contributed by atoms with van der Waals surface area (Å²) in [6, 6.07) is 12.6. The highest BCUT2D eigenvalue weighted by Crippen LogP contribution is 2.27. The molecule has 32 heavy (non-hydrogen) atoms. The lowest BCUT2D eigenvalue weighted by atomic mass is 10.1. The molecule has 9 nitrogen and oxygen atoms in total. The number of nitrogens with one attached hydrogen (secondary N) is 2. The molecule has 1 aliphatic rings. The second-order valence-corrected chi connectivity index (χ2v) is 7.44. The van der Waals surface area contributed by atoms with Gasteiger partial charge in [-0.3, -0.25) is 14.2 Å². The van der Waals surface area contributed by atoms with Gasteiger partial charge in [0.2, 0.25) is 11.9 Å². The van der Waals surface area contributed by atoms with Gasteiger partial charge < -0.3 is 15.4 Å². The first-order chi connectivity index (χ1) is 15.6. The predicted octanol–water partition coefficient (Wildman–Crippen LogP) is 3.42. The molecule has 1 amide bonds. The van der Waals surface area contributed by atoms with Crippen LogP contribution in [0.25, 0.3) is 22.2 Å². The van der Waals surface area contributed by atoms with Gasteiger partial charge in [0.05, 0.1) is 16.8 Å². The van der Waals surface area contributed by atoms with Gasteiger partial charge in [0, 0.05) is 43.9 Å². The fraction of sp³-hybridized carbons (Fsp3) is 0.174. The van der Waals surface area contributed by atoms with E-state index in [9.17, 15) is 9.59 Å². The number of pyridine rings is 2. The molecule has 0 fully saturated rings. The zero-order valence-corrected chi connectivity index (χ0v) is 17.3. The molecule has 5 rings (SSSR count). The number of anilines is 2. The van der Waals surface area contributed by atoms with Gasteiger partial charge in [0.25, 0.3) is 5.56 Å². The van der Waals surface area contributed by atoms with Crippen molar-refractivity contribution in [2.45, 2.75) is 19.9 Å².